The predicted molar refractivity (Wildman–Crippen MR) is 80.0 cm³/mol. The fourth-order valence-corrected chi connectivity index (χ4v) is 2.04. The molecule has 0 fully saturated rings. The lowest BCUT2D eigenvalue weighted by Gasteiger charge is -2.08. The number of nitrogens with two attached hydrogens (primary N) is 1. The molecule has 2 aromatic carbocycles. The Morgan fingerprint density at radius 1 is 1.05 bits per heavy atom. The van der Waals surface area contributed by atoms with Gasteiger partial charge in [-0.25, -0.2) is 0 Å². The van der Waals surface area contributed by atoms with E-state index in [2.05, 4.69) is 15.9 Å². The van der Waals surface area contributed by atoms with Crippen LogP contribution < -0.4 is 10.5 Å². The lowest BCUT2D eigenvalue weighted by molar-refractivity contribution is 0.106. The van der Waals surface area contributed by atoms with Crippen molar-refractivity contribution < 1.29 is 9.47 Å². The summed E-state index contributed by atoms with van der Waals surface area (Å²) in [5, 5.41) is 0. The van der Waals surface area contributed by atoms with Gasteiger partial charge in [-0.1, -0.05) is 28.1 Å². The zero-order valence-electron chi connectivity index (χ0n) is 10.7. The number of hydrogen-bond acceptors (Lipinski definition) is 3. The summed E-state index contributed by atoms with van der Waals surface area (Å²) in [4.78, 5) is 0. The predicted octanol–water partition coefficient (Wildman–Crippen LogP) is 3.76. The smallest absolute Gasteiger partial charge is 0.119 e. The number of anilines is 1. The number of nitrogen functional groups attached to an aromatic ring is 1. The second-order valence-electron chi connectivity index (χ2n) is 4.19. The molecule has 2 aromatic rings. The molecule has 0 amide bonds. The normalized spacial score (nSPS) is 10.4. The van der Waals surface area contributed by atoms with Crippen LogP contribution in [0.5, 0.6) is 5.75 Å². The minimum Gasteiger partial charge on any atom is -0.497 e. The Morgan fingerprint density at radius 2 is 1.79 bits per heavy atom. The van der Waals surface area contributed by atoms with Gasteiger partial charge >= 0.3 is 0 Å². The van der Waals surface area contributed by atoms with E-state index >= 15 is 0 Å². The maximum atomic E-state index is 5.70. The first kappa shape index (κ1) is 13.9. The average Bonchev–Trinajstić information content (AvgIpc) is 2.43. The van der Waals surface area contributed by atoms with Crippen LogP contribution in [0.25, 0.3) is 0 Å². The SMILES string of the molecule is COc1ccc(Br)c(COCc2ccc(N)cc2)c1. The Labute approximate surface area is 121 Å². The zero-order chi connectivity index (χ0) is 13.7. The summed E-state index contributed by atoms with van der Waals surface area (Å²) in [5.41, 5.74) is 8.57. The third kappa shape index (κ3) is 3.98. The van der Waals surface area contributed by atoms with Crippen LogP contribution in [0, 0.1) is 0 Å². The van der Waals surface area contributed by atoms with Gasteiger partial charge in [0.1, 0.15) is 5.75 Å². The first-order valence-corrected chi connectivity index (χ1v) is 6.73. The molecule has 0 saturated carbocycles. The minimum atomic E-state index is 0.530. The van der Waals surface area contributed by atoms with Gasteiger partial charge in [-0.3, -0.25) is 0 Å². The summed E-state index contributed by atoms with van der Waals surface area (Å²) in [7, 11) is 1.66. The van der Waals surface area contributed by atoms with Crippen LogP contribution >= 0.6 is 15.9 Å². The molecular weight excluding hydrogens is 306 g/mol. The number of ether oxygens (including phenoxy) is 2. The summed E-state index contributed by atoms with van der Waals surface area (Å²) >= 11 is 3.50. The summed E-state index contributed by atoms with van der Waals surface area (Å²) in [6.45, 7) is 1.09. The van der Waals surface area contributed by atoms with E-state index < -0.39 is 0 Å². The lowest BCUT2D eigenvalue weighted by atomic mass is 10.2. The van der Waals surface area contributed by atoms with Crippen molar-refractivity contribution >= 4 is 21.6 Å². The van der Waals surface area contributed by atoms with Crippen molar-refractivity contribution in [3.8, 4) is 5.75 Å². The Hall–Kier alpha value is -1.52. The first-order valence-electron chi connectivity index (χ1n) is 5.93. The highest BCUT2D eigenvalue weighted by Gasteiger charge is 2.03. The largest absolute Gasteiger partial charge is 0.497 e. The molecular formula is C15H16BrNO2. The molecule has 0 aliphatic rings. The molecule has 3 nitrogen and oxygen atoms in total. The van der Waals surface area contributed by atoms with Gasteiger partial charge in [0.2, 0.25) is 0 Å². The van der Waals surface area contributed by atoms with Crippen molar-refractivity contribution in [1.29, 1.82) is 0 Å². The van der Waals surface area contributed by atoms with Crippen molar-refractivity contribution in [2.24, 2.45) is 0 Å². The Kier molecular flexibility index (Phi) is 4.82. The van der Waals surface area contributed by atoms with Gasteiger partial charge in [0, 0.05) is 10.2 Å². The number of halogens is 1. The molecule has 0 unspecified atom stereocenters. The second-order valence-corrected chi connectivity index (χ2v) is 5.05. The summed E-state index contributed by atoms with van der Waals surface area (Å²) in [5.74, 6) is 0.828. The second kappa shape index (κ2) is 6.59. The fraction of sp³-hybridized carbons (Fsp3) is 0.200. The molecule has 0 radical (unpaired) electrons. The van der Waals surface area contributed by atoms with Crippen LogP contribution in [0.4, 0.5) is 5.69 Å². The van der Waals surface area contributed by atoms with E-state index in [0.29, 0.717) is 13.2 Å². The van der Waals surface area contributed by atoms with Crippen molar-refractivity contribution in [3.63, 3.8) is 0 Å². The molecule has 19 heavy (non-hydrogen) atoms. The lowest BCUT2D eigenvalue weighted by Crippen LogP contribution is -1.96. The average molecular weight is 322 g/mol. The molecule has 2 N–H and O–H groups in total. The van der Waals surface area contributed by atoms with E-state index in [1.54, 1.807) is 7.11 Å². The quantitative estimate of drug-likeness (QED) is 0.853. The van der Waals surface area contributed by atoms with Crippen LogP contribution in [0.2, 0.25) is 0 Å². The Morgan fingerprint density at radius 3 is 2.47 bits per heavy atom. The number of methoxy groups -OCH3 is 1. The van der Waals surface area contributed by atoms with Gasteiger partial charge in [0.05, 0.1) is 20.3 Å². The molecule has 0 aromatic heterocycles. The third-order valence-corrected chi connectivity index (χ3v) is 3.53. The van der Waals surface area contributed by atoms with Crippen molar-refractivity contribution in [2.75, 3.05) is 12.8 Å². The standard InChI is InChI=1S/C15H16BrNO2/c1-18-14-6-7-15(16)12(8-14)10-19-9-11-2-4-13(17)5-3-11/h2-8H,9-10,17H2,1H3. The summed E-state index contributed by atoms with van der Waals surface area (Å²) in [6.07, 6.45) is 0. The van der Waals surface area contributed by atoms with Crippen molar-refractivity contribution in [3.05, 3.63) is 58.1 Å². The van der Waals surface area contributed by atoms with Crippen LogP contribution in [-0.2, 0) is 18.0 Å². The molecule has 0 atom stereocenters. The molecule has 0 spiro atoms. The van der Waals surface area contributed by atoms with Gasteiger partial charge in [-0.15, -0.1) is 0 Å². The molecule has 0 heterocycles. The fourth-order valence-electron chi connectivity index (χ4n) is 1.68. The number of rotatable bonds is 5. The van der Waals surface area contributed by atoms with E-state index in [0.717, 1.165) is 27.0 Å². The topological polar surface area (TPSA) is 44.5 Å². The van der Waals surface area contributed by atoms with Crippen molar-refractivity contribution in [1.82, 2.24) is 0 Å². The van der Waals surface area contributed by atoms with Gasteiger partial charge < -0.3 is 15.2 Å². The Bertz CT molecular complexity index is 540. The molecule has 100 valence electrons. The zero-order valence-corrected chi connectivity index (χ0v) is 12.3. The van der Waals surface area contributed by atoms with E-state index in [-0.39, 0.29) is 0 Å². The van der Waals surface area contributed by atoms with Crippen molar-refractivity contribution in [2.45, 2.75) is 13.2 Å². The van der Waals surface area contributed by atoms with E-state index in [1.165, 1.54) is 0 Å². The third-order valence-electron chi connectivity index (χ3n) is 2.76. The highest BCUT2D eigenvalue weighted by molar-refractivity contribution is 9.10. The molecule has 4 heteroatoms. The highest BCUT2D eigenvalue weighted by atomic mass is 79.9. The van der Waals surface area contributed by atoms with E-state index in [4.69, 9.17) is 15.2 Å². The molecule has 0 aliphatic heterocycles. The van der Waals surface area contributed by atoms with Gasteiger partial charge in [-0.2, -0.15) is 0 Å². The Balaban J connectivity index is 1.93. The number of benzene rings is 2. The van der Waals surface area contributed by atoms with Crippen LogP contribution in [-0.4, -0.2) is 7.11 Å². The maximum Gasteiger partial charge on any atom is 0.119 e. The van der Waals surface area contributed by atoms with Gasteiger partial charge in [0.25, 0.3) is 0 Å². The number of hydrogen-bond donors (Lipinski definition) is 1. The van der Waals surface area contributed by atoms with Crippen LogP contribution in [0.1, 0.15) is 11.1 Å². The summed E-state index contributed by atoms with van der Waals surface area (Å²) in [6, 6.07) is 13.5. The minimum absolute atomic E-state index is 0.530. The molecule has 0 saturated heterocycles. The van der Waals surface area contributed by atoms with Gasteiger partial charge in [0.15, 0.2) is 0 Å². The van der Waals surface area contributed by atoms with Crippen LogP contribution in [0.3, 0.4) is 0 Å². The molecule has 0 bridgehead atoms. The first-order chi connectivity index (χ1) is 9.19. The highest BCUT2D eigenvalue weighted by Crippen LogP contribution is 2.23. The molecule has 2 rings (SSSR count). The monoisotopic (exact) mass is 321 g/mol. The van der Waals surface area contributed by atoms with E-state index in [1.807, 2.05) is 42.5 Å². The summed E-state index contributed by atoms with van der Waals surface area (Å²) < 4.78 is 11.9. The van der Waals surface area contributed by atoms with Gasteiger partial charge in [-0.05, 0) is 41.5 Å². The maximum absolute atomic E-state index is 5.70. The molecule has 0 aliphatic carbocycles. The van der Waals surface area contributed by atoms with E-state index in [9.17, 15) is 0 Å². The van der Waals surface area contributed by atoms with Crippen LogP contribution in [0.15, 0.2) is 46.9 Å².